The van der Waals surface area contributed by atoms with E-state index in [1.54, 1.807) is 30.3 Å². The zero-order valence-electron chi connectivity index (χ0n) is 14.7. The van der Waals surface area contributed by atoms with Crippen molar-refractivity contribution < 1.29 is 19.2 Å². The molecule has 1 heterocycles. The highest BCUT2D eigenvalue weighted by molar-refractivity contribution is 6.32. The number of hydrogen-bond acceptors (Lipinski definition) is 5. The van der Waals surface area contributed by atoms with Gasteiger partial charge in [-0.05, 0) is 48.9 Å². The molecule has 1 saturated heterocycles. The first kappa shape index (κ1) is 19.2. The molecule has 2 aromatic rings. The van der Waals surface area contributed by atoms with Gasteiger partial charge >= 0.3 is 6.03 Å². The van der Waals surface area contributed by atoms with Gasteiger partial charge in [0.15, 0.2) is 5.92 Å². The lowest BCUT2D eigenvalue weighted by molar-refractivity contribution is -0.131. The topological polar surface area (TPSA) is 108 Å². The quantitative estimate of drug-likeness (QED) is 0.467. The summed E-state index contributed by atoms with van der Waals surface area (Å²) in [4.78, 5) is 49.7. The Morgan fingerprint density at radius 1 is 1.18 bits per heavy atom. The second-order valence-electron chi connectivity index (χ2n) is 6.01. The number of rotatable bonds is 4. The van der Waals surface area contributed by atoms with E-state index in [9.17, 15) is 19.2 Å². The molecule has 2 aromatic carbocycles. The molecule has 1 aliphatic rings. The van der Waals surface area contributed by atoms with Gasteiger partial charge in [-0.25, -0.2) is 15.1 Å². The van der Waals surface area contributed by atoms with E-state index in [-0.39, 0.29) is 0 Å². The van der Waals surface area contributed by atoms with Crippen LogP contribution in [0, 0.1) is 12.8 Å². The van der Waals surface area contributed by atoms with Crippen molar-refractivity contribution in [3.05, 3.63) is 64.7 Å². The largest absolute Gasteiger partial charge is 0.335 e. The number of hydrogen-bond donors (Lipinski definition) is 2. The summed E-state index contributed by atoms with van der Waals surface area (Å²) >= 11 is 5.76. The molecule has 3 rings (SSSR count). The second-order valence-corrected chi connectivity index (χ2v) is 6.45. The average Bonchev–Trinajstić information content (AvgIpc) is 2.64. The van der Waals surface area contributed by atoms with E-state index in [1.165, 1.54) is 12.1 Å². The zero-order chi connectivity index (χ0) is 20.3. The van der Waals surface area contributed by atoms with Crippen LogP contribution in [0.2, 0.25) is 5.02 Å². The first-order chi connectivity index (χ1) is 13.4. The minimum Gasteiger partial charge on any atom is -0.276 e. The number of anilines is 1. The molecular formula is C19H15ClN4O4. The van der Waals surface area contributed by atoms with E-state index in [0.717, 1.165) is 16.7 Å². The third-order valence-electron chi connectivity index (χ3n) is 3.96. The van der Waals surface area contributed by atoms with E-state index in [4.69, 9.17) is 11.6 Å². The molecule has 2 N–H and O–H groups in total. The van der Waals surface area contributed by atoms with Crippen LogP contribution in [0.4, 0.5) is 10.5 Å². The molecule has 9 heteroatoms. The predicted molar refractivity (Wildman–Crippen MR) is 103 cm³/mol. The number of carbonyl (C=O) groups excluding carboxylic acids is 4. The Morgan fingerprint density at radius 3 is 2.57 bits per heavy atom. The smallest absolute Gasteiger partial charge is 0.276 e. The number of aryl methyl sites for hydroxylation is 1. The molecule has 0 aromatic heterocycles. The number of nitrogens with zero attached hydrogens (tertiary/aromatic N) is 2. The lowest BCUT2D eigenvalue weighted by Gasteiger charge is -2.28. The first-order valence-electron chi connectivity index (χ1n) is 8.21. The summed E-state index contributed by atoms with van der Waals surface area (Å²) in [5, 5.41) is 6.28. The maximum atomic E-state index is 12.7. The van der Waals surface area contributed by atoms with Gasteiger partial charge in [0, 0.05) is 16.8 Å². The van der Waals surface area contributed by atoms with Crippen LogP contribution in [0.15, 0.2) is 53.6 Å². The summed E-state index contributed by atoms with van der Waals surface area (Å²) in [7, 11) is 0. The van der Waals surface area contributed by atoms with Gasteiger partial charge in [0.2, 0.25) is 5.91 Å². The summed E-state index contributed by atoms with van der Waals surface area (Å²) in [6.45, 7) is 1.81. The summed E-state index contributed by atoms with van der Waals surface area (Å²) in [5.74, 6) is -3.47. The molecule has 0 bridgehead atoms. The summed E-state index contributed by atoms with van der Waals surface area (Å²) in [6, 6.07) is 12.0. The Labute approximate surface area is 165 Å². The molecule has 0 spiro atoms. The molecule has 0 radical (unpaired) electrons. The van der Waals surface area contributed by atoms with Gasteiger partial charge in [-0.15, -0.1) is 0 Å². The third kappa shape index (κ3) is 4.07. The fraction of sp³-hybridized carbons (Fsp3) is 0.105. The van der Waals surface area contributed by atoms with Crippen molar-refractivity contribution in [3.63, 3.8) is 0 Å². The second kappa shape index (κ2) is 8.01. The van der Waals surface area contributed by atoms with Crippen molar-refractivity contribution in [1.82, 2.24) is 10.7 Å². The van der Waals surface area contributed by atoms with Crippen LogP contribution in [0.3, 0.4) is 0 Å². The molecule has 8 nitrogen and oxygen atoms in total. The van der Waals surface area contributed by atoms with Crippen molar-refractivity contribution in [2.45, 2.75) is 6.92 Å². The highest BCUT2D eigenvalue weighted by Gasteiger charge is 2.40. The zero-order valence-corrected chi connectivity index (χ0v) is 15.4. The van der Waals surface area contributed by atoms with Gasteiger partial charge in [0.1, 0.15) is 0 Å². The van der Waals surface area contributed by atoms with Crippen molar-refractivity contribution in [1.29, 1.82) is 0 Å². The van der Waals surface area contributed by atoms with Crippen LogP contribution < -0.4 is 15.6 Å². The Balaban J connectivity index is 1.75. The van der Waals surface area contributed by atoms with E-state index < -0.39 is 29.7 Å². The highest BCUT2D eigenvalue weighted by Crippen LogP contribution is 2.21. The fourth-order valence-corrected chi connectivity index (χ4v) is 2.70. The average molecular weight is 399 g/mol. The molecule has 0 aliphatic carbocycles. The van der Waals surface area contributed by atoms with Gasteiger partial charge in [0.25, 0.3) is 11.8 Å². The lowest BCUT2D eigenvalue weighted by atomic mass is 10.1. The molecule has 142 valence electrons. The Kier molecular flexibility index (Phi) is 5.51. The van der Waals surface area contributed by atoms with E-state index in [2.05, 4.69) is 15.8 Å². The van der Waals surface area contributed by atoms with Crippen molar-refractivity contribution >= 4 is 47.3 Å². The monoisotopic (exact) mass is 398 g/mol. The van der Waals surface area contributed by atoms with Crippen molar-refractivity contribution in [3.8, 4) is 0 Å². The third-order valence-corrected chi connectivity index (χ3v) is 4.21. The fourth-order valence-electron chi connectivity index (χ4n) is 2.57. The normalized spacial score (nSPS) is 17.0. The number of halogens is 1. The number of nitrogens with one attached hydrogen (secondary N) is 2. The molecule has 1 atom stereocenters. The van der Waals surface area contributed by atoms with Crippen LogP contribution in [-0.2, 0) is 9.59 Å². The highest BCUT2D eigenvalue weighted by atomic mass is 35.5. The number of benzene rings is 2. The van der Waals surface area contributed by atoms with Gasteiger partial charge in [-0.2, -0.15) is 5.10 Å². The first-order valence-corrected chi connectivity index (χ1v) is 8.59. The van der Waals surface area contributed by atoms with Gasteiger partial charge in [0.05, 0.1) is 5.69 Å². The SMILES string of the molecule is Cc1cccc(N2C(=O)NC(=O)[C@@H](/C=N\NC(=O)c3ccc(Cl)cc3)C2=O)c1. The van der Waals surface area contributed by atoms with E-state index in [0.29, 0.717) is 16.3 Å². The summed E-state index contributed by atoms with van der Waals surface area (Å²) < 4.78 is 0. The molecule has 0 unspecified atom stereocenters. The lowest BCUT2D eigenvalue weighted by Crippen LogP contribution is -2.58. The molecule has 28 heavy (non-hydrogen) atoms. The standard InChI is InChI=1S/C19H15ClN4O4/c1-11-3-2-4-14(9-11)24-18(27)15(17(26)22-19(24)28)10-21-23-16(25)12-5-7-13(20)8-6-12/h2-10,15H,1H3,(H,23,25)(H,22,26,28)/b21-10-/t15-/m1/s1. The maximum Gasteiger partial charge on any atom is 0.335 e. The van der Waals surface area contributed by atoms with E-state index in [1.807, 2.05) is 13.0 Å². The van der Waals surface area contributed by atoms with Crippen LogP contribution in [0.25, 0.3) is 0 Å². The number of hydrazone groups is 1. The number of amides is 5. The molecule has 5 amide bonds. The predicted octanol–water partition coefficient (Wildman–Crippen LogP) is 2.26. The Morgan fingerprint density at radius 2 is 1.89 bits per heavy atom. The Hall–Kier alpha value is -3.52. The number of barbiturate groups is 1. The summed E-state index contributed by atoms with van der Waals surface area (Å²) in [6.07, 6.45) is 0.987. The summed E-state index contributed by atoms with van der Waals surface area (Å²) in [5.41, 5.74) is 3.71. The van der Waals surface area contributed by atoms with E-state index >= 15 is 0 Å². The van der Waals surface area contributed by atoms with Crippen molar-refractivity contribution in [2.75, 3.05) is 4.90 Å². The molecular weight excluding hydrogens is 384 g/mol. The maximum absolute atomic E-state index is 12.7. The minimum atomic E-state index is -1.36. The molecule has 0 saturated carbocycles. The number of carbonyl (C=O) groups is 4. The molecule has 1 fully saturated rings. The van der Waals surface area contributed by atoms with Gasteiger partial charge in [-0.1, -0.05) is 23.7 Å². The van der Waals surface area contributed by atoms with Crippen LogP contribution >= 0.6 is 11.6 Å². The number of imide groups is 2. The van der Waals surface area contributed by atoms with Crippen LogP contribution in [0.5, 0.6) is 0 Å². The van der Waals surface area contributed by atoms with Gasteiger partial charge in [-0.3, -0.25) is 19.7 Å². The molecule has 1 aliphatic heterocycles. The van der Waals surface area contributed by atoms with Gasteiger partial charge < -0.3 is 0 Å². The Bertz CT molecular complexity index is 988. The van der Waals surface area contributed by atoms with Crippen molar-refractivity contribution in [2.24, 2.45) is 11.0 Å². The van der Waals surface area contributed by atoms with Crippen LogP contribution in [-0.4, -0.2) is 30.0 Å². The number of urea groups is 1. The van der Waals surface area contributed by atoms with Crippen LogP contribution in [0.1, 0.15) is 15.9 Å². The minimum absolute atomic E-state index is 0.303.